The topological polar surface area (TPSA) is 54.3 Å². The van der Waals surface area contributed by atoms with Crippen molar-refractivity contribution in [1.29, 1.82) is 0 Å². The van der Waals surface area contributed by atoms with Gasteiger partial charge in [0.15, 0.2) is 0 Å². The monoisotopic (exact) mass is 425 g/mol. The number of hydrogen-bond donors (Lipinski definition) is 1. The van der Waals surface area contributed by atoms with Gasteiger partial charge in [0.2, 0.25) is 11.8 Å². The van der Waals surface area contributed by atoms with Crippen LogP contribution in [0.1, 0.15) is 30.1 Å². The van der Waals surface area contributed by atoms with Crippen LogP contribution in [0.5, 0.6) is 0 Å². The fourth-order valence-electron chi connectivity index (χ4n) is 3.80. The SMILES string of the molecule is O=C(CCC(=O)N1CCn2cccc2[C@@H]1c1ccccc1Cl)Nc1ccc(F)cc1. The number of nitrogens with one attached hydrogen (secondary N) is 1. The highest BCUT2D eigenvalue weighted by molar-refractivity contribution is 6.31. The minimum atomic E-state index is -0.372. The largest absolute Gasteiger partial charge is 0.348 e. The Kier molecular flexibility index (Phi) is 5.86. The number of fused-ring (bicyclic) bond motifs is 1. The minimum absolute atomic E-state index is 0.0446. The summed E-state index contributed by atoms with van der Waals surface area (Å²) in [6.07, 6.45) is 2.12. The van der Waals surface area contributed by atoms with Gasteiger partial charge in [0.1, 0.15) is 5.82 Å². The molecule has 0 radical (unpaired) electrons. The fourth-order valence-corrected chi connectivity index (χ4v) is 4.04. The molecule has 7 heteroatoms. The van der Waals surface area contributed by atoms with E-state index in [0.29, 0.717) is 23.8 Å². The lowest BCUT2D eigenvalue weighted by atomic mass is 9.99. The summed E-state index contributed by atoms with van der Waals surface area (Å²) >= 11 is 6.45. The molecule has 1 aliphatic heterocycles. The summed E-state index contributed by atoms with van der Waals surface area (Å²) in [5.74, 6) is -0.769. The zero-order chi connectivity index (χ0) is 21.1. The van der Waals surface area contributed by atoms with Gasteiger partial charge in [-0.2, -0.15) is 0 Å². The Balaban J connectivity index is 1.47. The highest BCUT2D eigenvalue weighted by Crippen LogP contribution is 2.36. The second-order valence-corrected chi connectivity index (χ2v) is 7.60. The van der Waals surface area contributed by atoms with E-state index >= 15 is 0 Å². The normalized spacial score (nSPS) is 15.5. The zero-order valence-electron chi connectivity index (χ0n) is 16.2. The molecule has 30 heavy (non-hydrogen) atoms. The van der Waals surface area contributed by atoms with Gasteiger partial charge in [0.05, 0.1) is 6.04 Å². The van der Waals surface area contributed by atoms with E-state index in [1.165, 1.54) is 24.3 Å². The fraction of sp³-hybridized carbons (Fsp3) is 0.217. The Morgan fingerprint density at radius 3 is 2.53 bits per heavy atom. The lowest BCUT2D eigenvalue weighted by Gasteiger charge is -2.37. The van der Waals surface area contributed by atoms with Gasteiger partial charge >= 0.3 is 0 Å². The van der Waals surface area contributed by atoms with E-state index in [1.807, 2.05) is 42.6 Å². The third-order valence-corrected chi connectivity index (χ3v) is 5.60. The molecule has 2 heterocycles. The number of anilines is 1. The molecule has 0 saturated heterocycles. The molecule has 1 aliphatic rings. The van der Waals surface area contributed by atoms with Gasteiger partial charge in [-0.3, -0.25) is 9.59 Å². The van der Waals surface area contributed by atoms with Crippen molar-refractivity contribution in [2.75, 3.05) is 11.9 Å². The first-order valence-corrected chi connectivity index (χ1v) is 10.1. The van der Waals surface area contributed by atoms with Gasteiger partial charge in [0, 0.05) is 48.5 Å². The second kappa shape index (κ2) is 8.71. The molecule has 2 amide bonds. The van der Waals surface area contributed by atoms with Crippen molar-refractivity contribution >= 4 is 29.1 Å². The molecule has 0 spiro atoms. The van der Waals surface area contributed by atoms with Gasteiger partial charge in [-0.25, -0.2) is 4.39 Å². The number of amides is 2. The maximum atomic E-state index is 13.1. The molecule has 0 unspecified atom stereocenters. The standard InChI is InChI=1S/C23H21ClFN3O2/c24-19-5-2-1-4-18(19)23-20-6-3-13-27(20)14-15-28(23)22(30)12-11-21(29)26-17-9-7-16(25)8-10-17/h1-10,13,23H,11-12,14-15H2,(H,26,29)/t23-/m0/s1. The maximum Gasteiger partial charge on any atom is 0.224 e. The molecular weight excluding hydrogens is 405 g/mol. The first kappa shape index (κ1) is 20.2. The predicted octanol–water partition coefficient (Wildman–Crippen LogP) is 4.63. The molecule has 4 rings (SSSR count). The van der Waals surface area contributed by atoms with E-state index in [4.69, 9.17) is 11.6 Å². The molecule has 0 aliphatic carbocycles. The van der Waals surface area contributed by atoms with Gasteiger partial charge < -0.3 is 14.8 Å². The predicted molar refractivity (Wildman–Crippen MR) is 114 cm³/mol. The molecule has 0 saturated carbocycles. The molecule has 1 atom stereocenters. The van der Waals surface area contributed by atoms with E-state index in [0.717, 1.165) is 11.3 Å². The van der Waals surface area contributed by atoms with Crippen LogP contribution in [0.2, 0.25) is 5.02 Å². The van der Waals surface area contributed by atoms with Gasteiger partial charge in [0.25, 0.3) is 0 Å². The summed E-state index contributed by atoms with van der Waals surface area (Å²) in [5, 5.41) is 3.29. The number of nitrogens with zero attached hydrogens (tertiary/aromatic N) is 2. The van der Waals surface area contributed by atoms with Crippen molar-refractivity contribution in [3.05, 3.63) is 89.0 Å². The van der Waals surface area contributed by atoms with Crippen molar-refractivity contribution in [3.63, 3.8) is 0 Å². The Morgan fingerprint density at radius 2 is 1.77 bits per heavy atom. The molecule has 2 aromatic carbocycles. The molecule has 0 fully saturated rings. The minimum Gasteiger partial charge on any atom is -0.348 e. The lowest BCUT2D eigenvalue weighted by molar-refractivity contribution is -0.135. The van der Waals surface area contributed by atoms with Crippen molar-refractivity contribution in [1.82, 2.24) is 9.47 Å². The second-order valence-electron chi connectivity index (χ2n) is 7.19. The number of rotatable bonds is 5. The number of halogens is 2. The van der Waals surface area contributed by atoms with E-state index in [1.54, 1.807) is 4.90 Å². The van der Waals surface area contributed by atoms with Crippen molar-refractivity contribution in [2.24, 2.45) is 0 Å². The highest BCUT2D eigenvalue weighted by atomic mass is 35.5. The first-order chi connectivity index (χ1) is 14.5. The Bertz CT molecular complexity index is 1060. The van der Waals surface area contributed by atoms with Gasteiger partial charge in [-0.1, -0.05) is 29.8 Å². The van der Waals surface area contributed by atoms with Crippen molar-refractivity contribution < 1.29 is 14.0 Å². The number of benzene rings is 2. The van der Waals surface area contributed by atoms with Gasteiger partial charge in [-0.15, -0.1) is 0 Å². The zero-order valence-corrected chi connectivity index (χ0v) is 17.0. The smallest absolute Gasteiger partial charge is 0.224 e. The third kappa shape index (κ3) is 4.24. The molecule has 3 aromatic rings. The van der Waals surface area contributed by atoms with E-state index in [2.05, 4.69) is 9.88 Å². The summed E-state index contributed by atoms with van der Waals surface area (Å²) in [6, 6.07) is 16.7. The maximum absolute atomic E-state index is 13.1. The van der Waals surface area contributed by atoms with E-state index < -0.39 is 0 Å². The van der Waals surface area contributed by atoms with Crippen LogP contribution in [0.4, 0.5) is 10.1 Å². The summed E-state index contributed by atoms with van der Waals surface area (Å²) < 4.78 is 15.1. The van der Waals surface area contributed by atoms with Crippen LogP contribution in [0.25, 0.3) is 0 Å². The van der Waals surface area contributed by atoms with Crippen LogP contribution < -0.4 is 5.32 Å². The average Bonchev–Trinajstić information content (AvgIpc) is 3.22. The van der Waals surface area contributed by atoms with Crippen molar-refractivity contribution in [3.8, 4) is 0 Å². The van der Waals surface area contributed by atoms with Crippen LogP contribution in [0, 0.1) is 5.82 Å². The average molecular weight is 426 g/mol. The number of carbonyl (C=O) groups excluding carboxylic acids is 2. The molecular formula is C23H21ClFN3O2. The molecule has 0 bridgehead atoms. The highest BCUT2D eigenvalue weighted by Gasteiger charge is 2.33. The summed E-state index contributed by atoms with van der Waals surface area (Å²) in [5.41, 5.74) is 2.36. The van der Waals surface area contributed by atoms with Crippen LogP contribution in [-0.2, 0) is 16.1 Å². The summed E-state index contributed by atoms with van der Waals surface area (Å²) in [7, 11) is 0. The molecule has 5 nitrogen and oxygen atoms in total. The molecule has 1 aromatic heterocycles. The summed E-state index contributed by atoms with van der Waals surface area (Å²) in [4.78, 5) is 27.1. The Morgan fingerprint density at radius 1 is 1.00 bits per heavy atom. The summed E-state index contributed by atoms with van der Waals surface area (Å²) in [6.45, 7) is 1.23. The van der Waals surface area contributed by atoms with Gasteiger partial charge in [-0.05, 0) is 48.0 Å². The van der Waals surface area contributed by atoms with Crippen LogP contribution in [-0.4, -0.2) is 27.8 Å². The van der Waals surface area contributed by atoms with E-state index in [9.17, 15) is 14.0 Å². The van der Waals surface area contributed by atoms with E-state index in [-0.39, 0.29) is 36.5 Å². The lowest BCUT2D eigenvalue weighted by Crippen LogP contribution is -2.42. The van der Waals surface area contributed by atoms with Crippen LogP contribution >= 0.6 is 11.6 Å². The van der Waals surface area contributed by atoms with Crippen LogP contribution in [0.15, 0.2) is 66.9 Å². The van der Waals surface area contributed by atoms with Crippen molar-refractivity contribution in [2.45, 2.75) is 25.4 Å². The Labute approximate surface area is 179 Å². The number of hydrogen-bond acceptors (Lipinski definition) is 2. The molecule has 154 valence electrons. The first-order valence-electron chi connectivity index (χ1n) is 9.77. The Hall–Kier alpha value is -3.12. The quantitative estimate of drug-likeness (QED) is 0.648. The van der Waals surface area contributed by atoms with Crippen LogP contribution in [0.3, 0.4) is 0 Å². The number of carbonyl (C=O) groups is 2. The molecule has 1 N–H and O–H groups in total. The number of aromatic nitrogens is 1. The third-order valence-electron chi connectivity index (χ3n) is 5.25.